The predicted molar refractivity (Wildman–Crippen MR) is 99.4 cm³/mol. The van der Waals surface area contributed by atoms with E-state index in [1.165, 1.54) is 17.4 Å². The molecule has 114 valence electrons. The van der Waals surface area contributed by atoms with Crippen LogP contribution in [0.3, 0.4) is 0 Å². The van der Waals surface area contributed by atoms with Crippen LogP contribution in [-0.4, -0.2) is 10.9 Å². The lowest BCUT2D eigenvalue weighted by Crippen LogP contribution is -2.07. The second kappa shape index (κ2) is 7.35. The molecule has 0 spiro atoms. The van der Waals surface area contributed by atoms with Crippen molar-refractivity contribution in [2.24, 2.45) is 0 Å². The highest BCUT2D eigenvalue weighted by Gasteiger charge is 2.05. The van der Waals surface area contributed by atoms with Gasteiger partial charge in [0.05, 0.1) is 5.69 Å². The topological polar surface area (TPSA) is 42.0 Å². The van der Waals surface area contributed by atoms with E-state index >= 15 is 0 Å². The SMILES string of the molecule is O=C(/C=C/c1cccc(Br)c1)Nc1nc(-c2ccccc2)cs1. The number of anilines is 1. The van der Waals surface area contributed by atoms with Crippen LogP contribution in [-0.2, 0) is 4.79 Å². The van der Waals surface area contributed by atoms with Crippen molar-refractivity contribution in [2.75, 3.05) is 5.32 Å². The summed E-state index contributed by atoms with van der Waals surface area (Å²) in [5.74, 6) is -0.195. The van der Waals surface area contributed by atoms with E-state index in [-0.39, 0.29) is 5.91 Å². The molecule has 0 saturated heterocycles. The Morgan fingerprint density at radius 2 is 1.96 bits per heavy atom. The molecule has 1 amide bonds. The Kier molecular flexibility index (Phi) is 5.00. The Labute approximate surface area is 146 Å². The maximum atomic E-state index is 12.0. The van der Waals surface area contributed by atoms with Gasteiger partial charge in [-0.1, -0.05) is 58.4 Å². The quantitative estimate of drug-likeness (QED) is 0.626. The van der Waals surface area contributed by atoms with Crippen LogP contribution in [0.15, 0.2) is 70.5 Å². The molecule has 1 heterocycles. The molecular formula is C18H13BrN2OS. The van der Waals surface area contributed by atoms with Gasteiger partial charge in [0.2, 0.25) is 5.91 Å². The molecule has 0 saturated carbocycles. The molecule has 0 fully saturated rings. The first-order chi connectivity index (χ1) is 11.2. The number of rotatable bonds is 4. The molecule has 0 radical (unpaired) electrons. The summed E-state index contributed by atoms with van der Waals surface area (Å²) in [7, 11) is 0. The third-order valence-electron chi connectivity index (χ3n) is 3.08. The second-order valence-electron chi connectivity index (χ2n) is 4.78. The minimum atomic E-state index is -0.195. The van der Waals surface area contributed by atoms with Crippen LogP contribution in [0.25, 0.3) is 17.3 Å². The molecule has 0 bridgehead atoms. The van der Waals surface area contributed by atoms with Crippen LogP contribution < -0.4 is 5.32 Å². The highest BCUT2D eigenvalue weighted by atomic mass is 79.9. The molecule has 3 nitrogen and oxygen atoms in total. The third kappa shape index (κ3) is 4.37. The minimum Gasteiger partial charge on any atom is -0.298 e. The molecule has 3 rings (SSSR count). The monoisotopic (exact) mass is 384 g/mol. The van der Waals surface area contributed by atoms with Gasteiger partial charge in [0.15, 0.2) is 5.13 Å². The summed E-state index contributed by atoms with van der Waals surface area (Å²) in [6.45, 7) is 0. The van der Waals surface area contributed by atoms with Gasteiger partial charge in [0.25, 0.3) is 0 Å². The number of nitrogens with one attached hydrogen (secondary N) is 1. The smallest absolute Gasteiger partial charge is 0.250 e. The van der Waals surface area contributed by atoms with Crippen molar-refractivity contribution in [3.05, 3.63) is 76.1 Å². The number of nitrogens with zero attached hydrogens (tertiary/aromatic N) is 1. The molecule has 0 aliphatic carbocycles. The van der Waals surface area contributed by atoms with E-state index in [2.05, 4.69) is 26.2 Å². The molecule has 23 heavy (non-hydrogen) atoms. The molecule has 2 aromatic carbocycles. The van der Waals surface area contributed by atoms with E-state index in [1.807, 2.05) is 60.0 Å². The Balaban J connectivity index is 1.66. The van der Waals surface area contributed by atoms with Crippen molar-refractivity contribution in [1.29, 1.82) is 0 Å². The van der Waals surface area contributed by atoms with Crippen LogP contribution in [0.5, 0.6) is 0 Å². The summed E-state index contributed by atoms with van der Waals surface area (Å²) in [5.41, 5.74) is 2.86. The Bertz CT molecular complexity index is 843. The zero-order valence-corrected chi connectivity index (χ0v) is 14.5. The van der Waals surface area contributed by atoms with Gasteiger partial charge < -0.3 is 0 Å². The molecule has 0 aliphatic heterocycles. The molecule has 0 atom stereocenters. The molecule has 1 N–H and O–H groups in total. The summed E-state index contributed by atoms with van der Waals surface area (Å²) < 4.78 is 0.979. The van der Waals surface area contributed by atoms with Crippen molar-refractivity contribution in [3.8, 4) is 11.3 Å². The summed E-state index contributed by atoms with van der Waals surface area (Å²) in [5, 5.41) is 5.31. The standard InChI is InChI=1S/C18H13BrN2OS/c19-15-8-4-5-13(11-15)9-10-17(22)21-18-20-16(12-23-18)14-6-2-1-3-7-14/h1-12H,(H,20,21,22)/b10-9+. The summed E-state index contributed by atoms with van der Waals surface area (Å²) >= 11 is 4.82. The first-order valence-electron chi connectivity index (χ1n) is 6.96. The number of amides is 1. The average Bonchev–Trinajstić information content (AvgIpc) is 3.02. The van der Waals surface area contributed by atoms with Gasteiger partial charge in [-0.2, -0.15) is 0 Å². The molecule has 3 aromatic rings. The van der Waals surface area contributed by atoms with E-state index in [9.17, 15) is 4.79 Å². The van der Waals surface area contributed by atoms with E-state index in [0.29, 0.717) is 5.13 Å². The van der Waals surface area contributed by atoms with E-state index in [0.717, 1.165) is 21.3 Å². The fraction of sp³-hybridized carbons (Fsp3) is 0. The van der Waals surface area contributed by atoms with Gasteiger partial charge in [-0.05, 0) is 23.8 Å². The number of carbonyl (C=O) groups is 1. The number of benzene rings is 2. The largest absolute Gasteiger partial charge is 0.298 e. The van der Waals surface area contributed by atoms with Gasteiger partial charge in [-0.3, -0.25) is 10.1 Å². The van der Waals surface area contributed by atoms with Gasteiger partial charge in [0, 0.05) is 21.5 Å². The van der Waals surface area contributed by atoms with Crippen molar-refractivity contribution in [3.63, 3.8) is 0 Å². The number of carbonyl (C=O) groups excluding carboxylic acids is 1. The zero-order valence-electron chi connectivity index (χ0n) is 12.1. The zero-order chi connectivity index (χ0) is 16.1. The van der Waals surface area contributed by atoms with Crippen LogP contribution in [0.2, 0.25) is 0 Å². The molecular weight excluding hydrogens is 372 g/mol. The van der Waals surface area contributed by atoms with Gasteiger partial charge in [0.1, 0.15) is 0 Å². The van der Waals surface area contributed by atoms with E-state index in [4.69, 9.17) is 0 Å². The number of aromatic nitrogens is 1. The lowest BCUT2D eigenvalue weighted by Gasteiger charge is -1.97. The Morgan fingerprint density at radius 1 is 1.13 bits per heavy atom. The summed E-state index contributed by atoms with van der Waals surface area (Å²) in [6, 6.07) is 17.6. The van der Waals surface area contributed by atoms with Gasteiger partial charge in [-0.25, -0.2) is 4.98 Å². The van der Waals surface area contributed by atoms with Crippen molar-refractivity contribution < 1.29 is 4.79 Å². The predicted octanol–water partition coefficient (Wildman–Crippen LogP) is 5.22. The first-order valence-corrected chi connectivity index (χ1v) is 8.63. The lowest BCUT2D eigenvalue weighted by molar-refractivity contribution is -0.111. The van der Waals surface area contributed by atoms with Gasteiger partial charge in [-0.15, -0.1) is 11.3 Å². The second-order valence-corrected chi connectivity index (χ2v) is 6.56. The van der Waals surface area contributed by atoms with Crippen molar-refractivity contribution >= 4 is 44.4 Å². The third-order valence-corrected chi connectivity index (χ3v) is 4.33. The van der Waals surface area contributed by atoms with E-state index in [1.54, 1.807) is 6.08 Å². The molecule has 1 aromatic heterocycles. The number of hydrogen-bond acceptors (Lipinski definition) is 3. The average molecular weight is 385 g/mol. The minimum absolute atomic E-state index is 0.195. The molecule has 0 unspecified atom stereocenters. The number of halogens is 1. The highest BCUT2D eigenvalue weighted by Crippen LogP contribution is 2.24. The number of thiazole rings is 1. The lowest BCUT2D eigenvalue weighted by atomic mass is 10.2. The normalized spacial score (nSPS) is 10.8. The fourth-order valence-electron chi connectivity index (χ4n) is 2.00. The molecule has 5 heteroatoms. The maximum Gasteiger partial charge on any atom is 0.250 e. The Hall–Kier alpha value is -2.24. The van der Waals surface area contributed by atoms with Crippen molar-refractivity contribution in [2.45, 2.75) is 0 Å². The maximum absolute atomic E-state index is 12.0. The number of hydrogen-bond donors (Lipinski definition) is 1. The summed E-state index contributed by atoms with van der Waals surface area (Å²) in [6.07, 6.45) is 3.27. The fourth-order valence-corrected chi connectivity index (χ4v) is 3.14. The van der Waals surface area contributed by atoms with Crippen LogP contribution in [0.4, 0.5) is 5.13 Å². The van der Waals surface area contributed by atoms with Crippen LogP contribution in [0.1, 0.15) is 5.56 Å². The van der Waals surface area contributed by atoms with Crippen molar-refractivity contribution in [1.82, 2.24) is 4.98 Å². The summed E-state index contributed by atoms with van der Waals surface area (Å²) in [4.78, 5) is 16.4. The van der Waals surface area contributed by atoms with E-state index < -0.39 is 0 Å². The first kappa shape index (κ1) is 15.6. The highest BCUT2D eigenvalue weighted by molar-refractivity contribution is 9.10. The molecule has 0 aliphatic rings. The van der Waals surface area contributed by atoms with Crippen LogP contribution >= 0.6 is 27.3 Å². The van der Waals surface area contributed by atoms with Gasteiger partial charge >= 0.3 is 0 Å². The Morgan fingerprint density at radius 3 is 2.74 bits per heavy atom. The van der Waals surface area contributed by atoms with Crippen LogP contribution in [0, 0.1) is 0 Å².